The van der Waals surface area contributed by atoms with Gasteiger partial charge in [-0.15, -0.1) is 21.5 Å². The van der Waals surface area contributed by atoms with Crippen molar-refractivity contribution in [2.45, 2.75) is 31.3 Å². The monoisotopic (exact) mass is 583 g/mol. The Bertz CT molecular complexity index is 1760. The number of benzene rings is 2. The van der Waals surface area contributed by atoms with Crippen LogP contribution in [0.3, 0.4) is 0 Å². The molecule has 5 aromatic rings. The number of carbonyl (C=O) groups excluding carboxylic acids is 2. The van der Waals surface area contributed by atoms with Crippen LogP contribution in [0, 0.1) is 5.92 Å². The number of fused-ring (bicyclic) bond motifs is 2. The van der Waals surface area contributed by atoms with Gasteiger partial charge in [0.2, 0.25) is 5.91 Å². The molecular weight excluding hydrogens is 555 g/mol. The number of carbonyl (C=O) groups is 2. The fraction of sp³-hybridized carbons (Fsp3) is 0.258. The number of esters is 1. The average molecular weight is 584 g/mol. The molecule has 0 bridgehead atoms. The Morgan fingerprint density at radius 3 is 2.71 bits per heavy atom. The Labute approximate surface area is 246 Å². The number of hydrogen-bond donors (Lipinski definition) is 1. The number of hydrogen-bond acceptors (Lipinski definition) is 8. The Hall–Kier alpha value is -4.02. The van der Waals surface area contributed by atoms with Gasteiger partial charge in [-0.2, -0.15) is 0 Å². The van der Waals surface area contributed by atoms with Crippen LogP contribution in [-0.4, -0.2) is 44.5 Å². The highest BCUT2D eigenvalue weighted by Crippen LogP contribution is 2.40. The number of amides is 1. The predicted molar refractivity (Wildman–Crippen MR) is 163 cm³/mol. The summed E-state index contributed by atoms with van der Waals surface area (Å²) >= 11 is 2.78. The van der Waals surface area contributed by atoms with Crippen LogP contribution < -0.4 is 5.32 Å². The predicted octanol–water partition coefficient (Wildman–Crippen LogP) is 6.40. The van der Waals surface area contributed by atoms with E-state index in [2.05, 4.69) is 22.4 Å². The third-order valence-corrected chi connectivity index (χ3v) is 9.54. The summed E-state index contributed by atoms with van der Waals surface area (Å²) in [5.41, 5.74) is 5.17. The lowest BCUT2D eigenvalue weighted by atomic mass is 9.88. The molecule has 0 fully saturated rings. The lowest BCUT2D eigenvalue weighted by Gasteiger charge is -2.18. The summed E-state index contributed by atoms with van der Waals surface area (Å²) in [7, 11) is 3.27. The van der Waals surface area contributed by atoms with E-state index < -0.39 is 5.97 Å². The topological polar surface area (TPSA) is 99.0 Å². The van der Waals surface area contributed by atoms with Crippen molar-refractivity contribution in [1.29, 1.82) is 0 Å². The van der Waals surface area contributed by atoms with Gasteiger partial charge in [0.15, 0.2) is 11.0 Å². The van der Waals surface area contributed by atoms with E-state index in [-0.39, 0.29) is 11.7 Å². The van der Waals surface area contributed by atoms with Crippen molar-refractivity contribution in [3.63, 3.8) is 0 Å². The second-order valence-electron chi connectivity index (χ2n) is 10.2. The number of nitrogens with zero attached hydrogens (tertiary/aromatic N) is 4. The Kier molecular flexibility index (Phi) is 7.59. The minimum Gasteiger partial charge on any atom is -0.465 e. The molecule has 1 atom stereocenters. The molecule has 1 aliphatic carbocycles. The summed E-state index contributed by atoms with van der Waals surface area (Å²) in [5.74, 6) is 0.751. The Morgan fingerprint density at radius 1 is 1.12 bits per heavy atom. The maximum absolute atomic E-state index is 13.0. The van der Waals surface area contributed by atoms with Crippen molar-refractivity contribution < 1.29 is 14.3 Å². The maximum atomic E-state index is 13.0. The smallest absolute Gasteiger partial charge is 0.341 e. The van der Waals surface area contributed by atoms with E-state index in [1.807, 2.05) is 72.3 Å². The Balaban J connectivity index is 1.24. The van der Waals surface area contributed by atoms with E-state index in [9.17, 15) is 9.59 Å². The molecule has 1 amide bonds. The van der Waals surface area contributed by atoms with Gasteiger partial charge < -0.3 is 14.6 Å². The highest BCUT2D eigenvalue weighted by atomic mass is 32.2. The molecule has 2 aromatic carbocycles. The van der Waals surface area contributed by atoms with Crippen molar-refractivity contribution in [3.8, 4) is 22.6 Å². The van der Waals surface area contributed by atoms with Crippen molar-refractivity contribution in [2.75, 3.05) is 18.2 Å². The van der Waals surface area contributed by atoms with Crippen LogP contribution in [0.1, 0.15) is 34.1 Å². The van der Waals surface area contributed by atoms with Gasteiger partial charge in [0, 0.05) is 28.4 Å². The first-order valence-electron chi connectivity index (χ1n) is 13.4. The van der Waals surface area contributed by atoms with Crippen LogP contribution in [0.4, 0.5) is 5.00 Å². The number of thioether (sulfide) groups is 1. The molecule has 0 aliphatic heterocycles. The summed E-state index contributed by atoms with van der Waals surface area (Å²) in [6.07, 6.45) is 2.75. The van der Waals surface area contributed by atoms with Gasteiger partial charge >= 0.3 is 5.97 Å². The molecule has 0 radical (unpaired) electrons. The van der Waals surface area contributed by atoms with Gasteiger partial charge in [0.05, 0.1) is 29.6 Å². The zero-order chi connectivity index (χ0) is 28.5. The van der Waals surface area contributed by atoms with E-state index in [1.165, 1.54) is 30.2 Å². The minimum absolute atomic E-state index is 0.123. The lowest BCUT2D eigenvalue weighted by Crippen LogP contribution is -2.17. The quantitative estimate of drug-likeness (QED) is 0.175. The first-order chi connectivity index (χ1) is 19.9. The number of anilines is 1. The number of nitrogens with one attached hydrogen (secondary N) is 1. The van der Waals surface area contributed by atoms with Gasteiger partial charge in [-0.3, -0.25) is 4.79 Å². The van der Waals surface area contributed by atoms with E-state index in [0.29, 0.717) is 27.5 Å². The molecule has 3 aromatic heterocycles. The molecule has 8 nitrogen and oxygen atoms in total. The van der Waals surface area contributed by atoms with E-state index in [1.54, 1.807) is 0 Å². The fourth-order valence-corrected chi connectivity index (χ4v) is 7.37. The third kappa shape index (κ3) is 5.37. The summed E-state index contributed by atoms with van der Waals surface area (Å²) in [6.45, 7) is 2.21. The van der Waals surface area contributed by atoms with Gasteiger partial charge in [-0.05, 0) is 42.9 Å². The van der Waals surface area contributed by atoms with Crippen LogP contribution in [0.15, 0.2) is 65.8 Å². The van der Waals surface area contributed by atoms with Crippen LogP contribution in [0.25, 0.3) is 33.5 Å². The molecule has 0 saturated heterocycles. The van der Waals surface area contributed by atoms with Crippen LogP contribution in [-0.2, 0) is 29.4 Å². The zero-order valence-electron chi connectivity index (χ0n) is 23.0. The van der Waals surface area contributed by atoms with Crippen molar-refractivity contribution >= 4 is 50.9 Å². The molecule has 6 rings (SSSR count). The fourth-order valence-electron chi connectivity index (χ4n) is 5.24. The molecule has 0 saturated carbocycles. The zero-order valence-corrected chi connectivity index (χ0v) is 24.6. The standard InChI is InChI=1S/C31H29N5O3S2/c1-18-13-14-21-25(15-18)41-29(27(21)30(38)39-3)33-26(37)17-40-31-35-34-28(36(31)2)22-16-24(19-9-5-4-6-10-19)32-23-12-8-7-11-20(22)23/h4-12,16,18H,13-15,17H2,1-3H3,(H,33,37). The molecule has 3 heterocycles. The summed E-state index contributed by atoms with van der Waals surface area (Å²) in [4.78, 5) is 31.7. The minimum atomic E-state index is -0.405. The normalized spacial score (nSPS) is 14.6. The van der Waals surface area contributed by atoms with Gasteiger partial charge in [0.25, 0.3) is 0 Å². The van der Waals surface area contributed by atoms with Crippen LogP contribution in [0.2, 0.25) is 0 Å². The first-order valence-corrected chi connectivity index (χ1v) is 15.2. The van der Waals surface area contributed by atoms with Gasteiger partial charge in [-0.1, -0.05) is 67.2 Å². The van der Waals surface area contributed by atoms with Crippen molar-refractivity contribution in [2.24, 2.45) is 13.0 Å². The lowest BCUT2D eigenvalue weighted by molar-refractivity contribution is -0.113. The number of rotatable bonds is 7. The summed E-state index contributed by atoms with van der Waals surface area (Å²) < 4.78 is 6.95. The molecule has 1 aliphatic rings. The number of thiophene rings is 1. The van der Waals surface area contributed by atoms with Crippen molar-refractivity contribution in [3.05, 3.63) is 76.7 Å². The SMILES string of the molecule is COC(=O)c1c(NC(=O)CSc2nnc(-c3cc(-c4ccccc4)nc4ccccc34)n2C)sc2c1CCC(C)C2. The second-order valence-corrected chi connectivity index (χ2v) is 12.2. The van der Waals surface area contributed by atoms with E-state index in [0.717, 1.165) is 57.4 Å². The average Bonchev–Trinajstić information content (AvgIpc) is 3.54. The highest BCUT2D eigenvalue weighted by molar-refractivity contribution is 7.99. The van der Waals surface area contributed by atoms with Crippen LogP contribution >= 0.6 is 23.1 Å². The highest BCUT2D eigenvalue weighted by Gasteiger charge is 2.29. The molecule has 0 spiro atoms. The summed E-state index contributed by atoms with van der Waals surface area (Å²) in [5, 5.41) is 14.0. The summed E-state index contributed by atoms with van der Waals surface area (Å²) in [6, 6.07) is 20.1. The van der Waals surface area contributed by atoms with Gasteiger partial charge in [-0.25, -0.2) is 9.78 Å². The molecule has 1 N–H and O–H groups in total. The van der Waals surface area contributed by atoms with Crippen LogP contribution in [0.5, 0.6) is 0 Å². The van der Waals surface area contributed by atoms with E-state index >= 15 is 0 Å². The molecule has 41 heavy (non-hydrogen) atoms. The third-order valence-electron chi connectivity index (χ3n) is 7.35. The number of para-hydroxylation sites is 1. The number of pyridine rings is 1. The molecule has 1 unspecified atom stereocenters. The molecule has 208 valence electrons. The number of ether oxygens (including phenoxy) is 1. The molecule has 10 heteroatoms. The second kappa shape index (κ2) is 11.5. The maximum Gasteiger partial charge on any atom is 0.341 e. The first kappa shape index (κ1) is 27.2. The number of methoxy groups -OCH3 is 1. The molecular formula is C31H29N5O3S2. The van der Waals surface area contributed by atoms with Crippen molar-refractivity contribution in [1.82, 2.24) is 19.7 Å². The number of aromatic nitrogens is 4. The largest absolute Gasteiger partial charge is 0.465 e. The van der Waals surface area contributed by atoms with E-state index in [4.69, 9.17) is 9.72 Å². The van der Waals surface area contributed by atoms with Gasteiger partial charge in [0.1, 0.15) is 5.00 Å². The Morgan fingerprint density at radius 2 is 1.90 bits per heavy atom.